The Kier molecular flexibility index (Phi) is 6.27. The number of guanidine groups is 1. The third kappa shape index (κ3) is 4.63. The molecule has 0 aromatic carbocycles. The van der Waals surface area contributed by atoms with E-state index in [1.165, 1.54) is 0 Å². The van der Waals surface area contributed by atoms with Gasteiger partial charge in [-0.2, -0.15) is 0 Å². The van der Waals surface area contributed by atoms with Crippen LogP contribution in [0.1, 0.15) is 32.4 Å². The Balaban J connectivity index is 1.58. The molecule has 0 aliphatic carbocycles. The summed E-state index contributed by atoms with van der Waals surface area (Å²) in [5.74, 6) is 1.58. The zero-order valence-electron chi connectivity index (χ0n) is 15.2. The van der Waals surface area contributed by atoms with Crippen LogP contribution in [0.3, 0.4) is 0 Å². The van der Waals surface area contributed by atoms with Gasteiger partial charge in [0.15, 0.2) is 5.96 Å². The van der Waals surface area contributed by atoms with Crippen molar-refractivity contribution in [3.05, 3.63) is 29.5 Å². The molecule has 26 heavy (non-hydrogen) atoms. The Morgan fingerprint density at radius 3 is 3.12 bits per heavy atom. The highest BCUT2D eigenvalue weighted by atomic mass is 32.1. The van der Waals surface area contributed by atoms with E-state index >= 15 is 0 Å². The van der Waals surface area contributed by atoms with Crippen LogP contribution in [0.4, 0.5) is 0 Å². The van der Waals surface area contributed by atoms with Crippen molar-refractivity contribution in [1.82, 2.24) is 20.5 Å². The number of nitrogens with zero attached hydrogens (tertiary/aromatic N) is 3. The van der Waals surface area contributed by atoms with Gasteiger partial charge in [0, 0.05) is 32.1 Å². The van der Waals surface area contributed by atoms with Crippen LogP contribution < -0.4 is 10.6 Å². The molecule has 7 nitrogen and oxygen atoms in total. The molecular formula is C18H25N5O2S. The van der Waals surface area contributed by atoms with E-state index in [2.05, 4.69) is 20.6 Å². The number of nitrogens with one attached hydrogen (secondary N) is 2. The summed E-state index contributed by atoms with van der Waals surface area (Å²) in [4.78, 5) is 23.8. The quantitative estimate of drug-likeness (QED) is 0.599. The molecule has 1 fully saturated rings. The summed E-state index contributed by atoms with van der Waals surface area (Å²) < 4.78 is 5.53. The van der Waals surface area contributed by atoms with Crippen molar-refractivity contribution in [3.63, 3.8) is 0 Å². The molecule has 3 heterocycles. The Morgan fingerprint density at radius 1 is 1.50 bits per heavy atom. The smallest absolute Gasteiger partial charge is 0.236 e. The number of amides is 1. The molecule has 1 unspecified atom stereocenters. The second-order valence-electron chi connectivity index (χ2n) is 6.14. The lowest BCUT2D eigenvalue weighted by Crippen LogP contribution is -2.45. The van der Waals surface area contributed by atoms with Crippen LogP contribution in [0.15, 0.2) is 33.2 Å². The number of oxazole rings is 1. The van der Waals surface area contributed by atoms with E-state index in [0.717, 1.165) is 42.6 Å². The lowest BCUT2D eigenvalue weighted by atomic mass is 10.3. The number of likely N-dealkylation sites (tertiary alicyclic amines) is 1. The standard InChI is InChI=1S/C18H25N5O2S/c1-3-16(24)23-8-7-13(11-23)22-18(19-4-2)20-10-14-12-25-17(21-14)15-6-5-9-26-15/h5-6,9,12-13H,3-4,7-8,10-11H2,1-2H3,(H2,19,20,22). The van der Waals surface area contributed by atoms with Crippen molar-refractivity contribution in [2.45, 2.75) is 39.3 Å². The number of hydrogen-bond acceptors (Lipinski definition) is 5. The maximum Gasteiger partial charge on any atom is 0.236 e. The SMILES string of the molecule is CCNC(=NCc1coc(-c2cccs2)n1)NC1CCN(C(=O)CC)C1. The number of rotatable bonds is 6. The molecule has 1 saturated heterocycles. The topological polar surface area (TPSA) is 82.8 Å². The Morgan fingerprint density at radius 2 is 2.38 bits per heavy atom. The molecule has 3 rings (SSSR count). The van der Waals surface area contributed by atoms with Gasteiger partial charge in [-0.25, -0.2) is 9.98 Å². The molecule has 2 N–H and O–H groups in total. The van der Waals surface area contributed by atoms with Crippen molar-refractivity contribution in [2.24, 2.45) is 4.99 Å². The minimum absolute atomic E-state index is 0.208. The van der Waals surface area contributed by atoms with E-state index in [-0.39, 0.29) is 11.9 Å². The van der Waals surface area contributed by atoms with Crippen LogP contribution in [0.25, 0.3) is 10.8 Å². The van der Waals surface area contributed by atoms with E-state index in [1.54, 1.807) is 17.6 Å². The number of carbonyl (C=O) groups excluding carboxylic acids is 1. The number of carbonyl (C=O) groups is 1. The van der Waals surface area contributed by atoms with Crippen molar-refractivity contribution in [1.29, 1.82) is 0 Å². The van der Waals surface area contributed by atoms with Gasteiger partial charge in [-0.15, -0.1) is 11.3 Å². The average Bonchev–Trinajstić information content (AvgIpc) is 3.39. The van der Waals surface area contributed by atoms with Crippen LogP contribution in [0, 0.1) is 0 Å². The minimum Gasteiger partial charge on any atom is -0.443 e. The van der Waals surface area contributed by atoms with E-state index in [4.69, 9.17) is 4.42 Å². The molecule has 0 saturated carbocycles. The van der Waals surface area contributed by atoms with E-state index < -0.39 is 0 Å². The first-order valence-corrected chi connectivity index (χ1v) is 9.88. The molecule has 140 valence electrons. The fourth-order valence-electron chi connectivity index (χ4n) is 2.89. The van der Waals surface area contributed by atoms with Gasteiger partial charge >= 0.3 is 0 Å². The normalized spacial score (nSPS) is 17.5. The summed E-state index contributed by atoms with van der Waals surface area (Å²) in [6, 6.07) is 4.18. The van der Waals surface area contributed by atoms with Crippen molar-refractivity contribution < 1.29 is 9.21 Å². The summed E-state index contributed by atoms with van der Waals surface area (Å²) in [5, 5.41) is 8.67. The van der Waals surface area contributed by atoms with Crippen molar-refractivity contribution in [2.75, 3.05) is 19.6 Å². The Bertz CT molecular complexity index is 741. The summed E-state index contributed by atoms with van der Waals surface area (Å²) in [5.41, 5.74) is 0.791. The lowest BCUT2D eigenvalue weighted by Gasteiger charge is -2.18. The second-order valence-corrected chi connectivity index (χ2v) is 7.09. The fourth-order valence-corrected chi connectivity index (χ4v) is 3.55. The van der Waals surface area contributed by atoms with Gasteiger partial charge < -0.3 is 20.0 Å². The summed E-state index contributed by atoms with van der Waals surface area (Å²) in [6.45, 7) is 6.67. The highest BCUT2D eigenvalue weighted by Crippen LogP contribution is 2.23. The minimum atomic E-state index is 0.208. The van der Waals surface area contributed by atoms with Crippen LogP contribution in [-0.4, -0.2) is 47.4 Å². The van der Waals surface area contributed by atoms with Gasteiger partial charge in [0.25, 0.3) is 0 Å². The number of aromatic nitrogens is 1. The second kappa shape index (κ2) is 8.84. The molecule has 1 aliphatic rings. The summed E-state index contributed by atoms with van der Waals surface area (Å²) in [7, 11) is 0. The van der Waals surface area contributed by atoms with E-state index in [1.807, 2.05) is 36.3 Å². The zero-order chi connectivity index (χ0) is 18.4. The van der Waals surface area contributed by atoms with Crippen molar-refractivity contribution in [3.8, 4) is 10.8 Å². The first kappa shape index (κ1) is 18.4. The molecule has 2 aromatic rings. The Hall–Kier alpha value is -2.35. The highest BCUT2D eigenvalue weighted by Gasteiger charge is 2.25. The highest BCUT2D eigenvalue weighted by molar-refractivity contribution is 7.13. The van der Waals surface area contributed by atoms with Gasteiger partial charge in [-0.1, -0.05) is 13.0 Å². The van der Waals surface area contributed by atoms with Crippen LogP contribution in [0.5, 0.6) is 0 Å². The van der Waals surface area contributed by atoms with Crippen LogP contribution in [-0.2, 0) is 11.3 Å². The fraction of sp³-hybridized carbons (Fsp3) is 0.500. The van der Waals surface area contributed by atoms with Crippen LogP contribution in [0.2, 0.25) is 0 Å². The largest absolute Gasteiger partial charge is 0.443 e. The third-order valence-corrected chi connectivity index (χ3v) is 5.07. The first-order valence-electron chi connectivity index (χ1n) is 9.00. The van der Waals surface area contributed by atoms with Gasteiger partial charge in [-0.05, 0) is 24.8 Å². The number of aliphatic imine (C=N–C) groups is 1. The number of thiophene rings is 1. The molecule has 1 aliphatic heterocycles. The summed E-state index contributed by atoms with van der Waals surface area (Å²) >= 11 is 1.60. The van der Waals surface area contributed by atoms with Crippen molar-refractivity contribution >= 4 is 23.2 Å². The van der Waals surface area contributed by atoms with Crippen LogP contribution >= 0.6 is 11.3 Å². The van der Waals surface area contributed by atoms with Gasteiger partial charge in [0.1, 0.15) is 12.0 Å². The molecule has 1 atom stereocenters. The molecule has 0 spiro atoms. The maximum atomic E-state index is 11.8. The monoisotopic (exact) mass is 375 g/mol. The molecule has 8 heteroatoms. The molecular weight excluding hydrogens is 350 g/mol. The predicted molar refractivity (Wildman–Crippen MR) is 103 cm³/mol. The lowest BCUT2D eigenvalue weighted by molar-refractivity contribution is -0.129. The maximum absolute atomic E-state index is 11.8. The average molecular weight is 375 g/mol. The molecule has 1 amide bonds. The molecule has 2 aromatic heterocycles. The predicted octanol–water partition coefficient (Wildman–Crippen LogP) is 2.47. The van der Waals surface area contributed by atoms with E-state index in [0.29, 0.717) is 18.9 Å². The van der Waals surface area contributed by atoms with Gasteiger partial charge in [0.05, 0.1) is 11.4 Å². The van der Waals surface area contributed by atoms with E-state index in [9.17, 15) is 4.79 Å². The molecule has 0 bridgehead atoms. The Labute approximate surface area is 157 Å². The number of hydrogen-bond donors (Lipinski definition) is 2. The van der Waals surface area contributed by atoms with Gasteiger partial charge in [-0.3, -0.25) is 4.79 Å². The zero-order valence-corrected chi connectivity index (χ0v) is 16.0. The van der Waals surface area contributed by atoms with Gasteiger partial charge in [0.2, 0.25) is 11.8 Å². The first-order chi connectivity index (χ1) is 12.7. The summed E-state index contributed by atoms with van der Waals surface area (Å²) in [6.07, 6.45) is 3.14. The third-order valence-electron chi connectivity index (χ3n) is 4.21. The molecule has 0 radical (unpaired) electrons.